The van der Waals surface area contributed by atoms with E-state index in [0.717, 1.165) is 0 Å². The molecule has 2 amide bonds. The fourth-order valence-electron chi connectivity index (χ4n) is 1.31. The lowest BCUT2D eigenvalue weighted by molar-refractivity contribution is -0.142. The number of ether oxygens (including phenoxy) is 1. The Morgan fingerprint density at radius 1 is 1.35 bits per heavy atom. The predicted molar refractivity (Wildman–Crippen MR) is 66.9 cm³/mol. The fourth-order valence-corrected chi connectivity index (χ4v) is 1.31. The minimum Gasteiger partial charge on any atom is -0.480 e. The van der Waals surface area contributed by atoms with Crippen molar-refractivity contribution in [2.45, 2.75) is 18.9 Å². The molecule has 9 heteroatoms. The number of urea groups is 1. The number of hydrogen-bond acceptors (Lipinski definition) is 6. The summed E-state index contributed by atoms with van der Waals surface area (Å²) in [5.74, 6) is -1.79. The van der Waals surface area contributed by atoms with Crippen LogP contribution in [0.15, 0.2) is 18.7 Å². The maximum Gasteiger partial charge on any atom is 0.326 e. The summed E-state index contributed by atoms with van der Waals surface area (Å²) in [5.41, 5.74) is 0.321. The fraction of sp³-hybridized carbons (Fsp3) is 0.364. The molecule has 0 aliphatic heterocycles. The number of anilines is 1. The zero-order valence-electron chi connectivity index (χ0n) is 10.7. The number of amides is 2. The van der Waals surface area contributed by atoms with E-state index in [2.05, 4.69) is 25.3 Å². The molecule has 3 N–H and O–H groups in total. The maximum atomic E-state index is 11.6. The van der Waals surface area contributed by atoms with Crippen molar-refractivity contribution in [1.29, 1.82) is 0 Å². The first-order valence-electron chi connectivity index (χ1n) is 5.65. The highest BCUT2D eigenvalue weighted by atomic mass is 16.5. The van der Waals surface area contributed by atoms with Gasteiger partial charge in [-0.1, -0.05) is 0 Å². The molecular weight excluding hydrogens is 268 g/mol. The van der Waals surface area contributed by atoms with Gasteiger partial charge in [-0.3, -0.25) is 4.79 Å². The number of aromatic nitrogens is 2. The van der Waals surface area contributed by atoms with E-state index in [1.807, 2.05) is 0 Å². The van der Waals surface area contributed by atoms with E-state index < -0.39 is 24.0 Å². The van der Waals surface area contributed by atoms with Gasteiger partial charge in [0, 0.05) is 6.42 Å². The first-order chi connectivity index (χ1) is 9.52. The van der Waals surface area contributed by atoms with Crippen LogP contribution in [0.4, 0.5) is 10.5 Å². The van der Waals surface area contributed by atoms with Gasteiger partial charge in [-0.25, -0.2) is 19.6 Å². The van der Waals surface area contributed by atoms with Gasteiger partial charge < -0.3 is 20.5 Å². The summed E-state index contributed by atoms with van der Waals surface area (Å²) in [4.78, 5) is 40.9. The minimum absolute atomic E-state index is 0.0687. The predicted octanol–water partition coefficient (Wildman–Crippen LogP) is 0.00450. The molecule has 0 bridgehead atoms. The Balaban J connectivity index is 2.50. The molecule has 0 saturated carbocycles. The first-order valence-corrected chi connectivity index (χ1v) is 5.65. The topological polar surface area (TPSA) is 131 Å². The van der Waals surface area contributed by atoms with Crippen LogP contribution >= 0.6 is 0 Å². The number of esters is 1. The van der Waals surface area contributed by atoms with Crippen molar-refractivity contribution in [2.24, 2.45) is 0 Å². The van der Waals surface area contributed by atoms with Crippen LogP contribution in [0.25, 0.3) is 0 Å². The Bertz CT molecular complexity index is 479. The molecule has 1 heterocycles. The number of carbonyl (C=O) groups is 3. The highest BCUT2D eigenvalue weighted by Crippen LogP contribution is 2.03. The van der Waals surface area contributed by atoms with Gasteiger partial charge in [0.05, 0.1) is 25.2 Å². The standard InChI is InChI=1S/C11H14N4O5/c1-20-9(16)3-2-8(10(17)18)15-11(19)14-7-4-12-6-13-5-7/h4-6,8H,2-3H2,1H3,(H,17,18)(H2,14,15,19)/t8-/m0/s1. The molecule has 0 aliphatic carbocycles. The van der Waals surface area contributed by atoms with Gasteiger partial charge in [-0.05, 0) is 6.42 Å². The summed E-state index contributed by atoms with van der Waals surface area (Å²) < 4.78 is 4.40. The molecule has 0 radical (unpaired) electrons. The monoisotopic (exact) mass is 282 g/mol. The van der Waals surface area contributed by atoms with Gasteiger partial charge in [0.2, 0.25) is 0 Å². The molecule has 0 aromatic carbocycles. The Hall–Kier alpha value is -2.71. The minimum atomic E-state index is -1.24. The molecule has 20 heavy (non-hydrogen) atoms. The van der Waals surface area contributed by atoms with Crippen LogP contribution < -0.4 is 10.6 Å². The molecule has 1 atom stereocenters. The van der Waals surface area contributed by atoms with E-state index in [0.29, 0.717) is 5.69 Å². The first kappa shape index (κ1) is 15.3. The van der Waals surface area contributed by atoms with Crippen LogP contribution in [0.1, 0.15) is 12.8 Å². The Labute approximate surface area is 114 Å². The van der Waals surface area contributed by atoms with Crippen LogP contribution in [0.2, 0.25) is 0 Å². The number of nitrogens with one attached hydrogen (secondary N) is 2. The van der Waals surface area contributed by atoms with Crippen molar-refractivity contribution in [2.75, 3.05) is 12.4 Å². The molecule has 108 valence electrons. The molecule has 1 rings (SSSR count). The third-order valence-electron chi connectivity index (χ3n) is 2.29. The number of carbonyl (C=O) groups excluding carboxylic acids is 2. The second-order valence-electron chi connectivity index (χ2n) is 3.73. The lowest BCUT2D eigenvalue weighted by Gasteiger charge is -2.14. The zero-order valence-corrected chi connectivity index (χ0v) is 10.7. The summed E-state index contributed by atoms with van der Waals surface area (Å²) in [5, 5.41) is 13.6. The summed E-state index contributed by atoms with van der Waals surface area (Å²) >= 11 is 0. The Morgan fingerprint density at radius 2 is 2.00 bits per heavy atom. The van der Waals surface area contributed by atoms with E-state index in [1.54, 1.807) is 0 Å². The van der Waals surface area contributed by atoms with E-state index >= 15 is 0 Å². The molecule has 9 nitrogen and oxygen atoms in total. The van der Waals surface area contributed by atoms with Gasteiger partial charge in [-0.2, -0.15) is 0 Å². The highest BCUT2D eigenvalue weighted by molar-refractivity contribution is 5.92. The van der Waals surface area contributed by atoms with E-state index in [9.17, 15) is 14.4 Å². The van der Waals surface area contributed by atoms with Crippen molar-refractivity contribution in [1.82, 2.24) is 15.3 Å². The van der Waals surface area contributed by atoms with Crippen LogP contribution in [-0.2, 0) is 14.3 Å². The van der Waals surface area contributed by atoms with Crippen molar-refractivity contribution >= 4 is 23.7 Å². The molecule has 0 spiro atoms. The molecule has 0 unspecified atom stereocenters. The highest BCUT2D eigenvalue weighted by Gasteiger charge is 2.21. The van der Waals surface area contributed by atoms with Gasteiger partial charge in [0.1, 0.15) is 12.4 Å². The molecular formula is C11H14N4O5. The third kappa shape index (κ3) is 5.29. The van der Waals surface area contributed by atoms with Gasteiger partial charge in [-0.15, -0.1) is 0 Å². The average Bonchev–Trinajstić information content (AvgIpc) is 2.43. The second kappa shape index (κ2) is 7.67. The lowest BCUT2D eigenvalue weighted by Crippen LogP contribution is -2.43. The van der Waals surface area contributed by atoms with Gasteiger partial charge >= 0.3 is 18.0 Å². The van der Waals surface area contributed by atoms with Crippen molar-refractivity contribution in [3.05, 3.63) is 18.7 Å². The smallest absolute Gasteiger partial charge is 0.326 e. The van der Waals surface area contributed by atoms with E-state index in [1.165, 1.54) is 25.8 Å². The Morgan fingerprint density at radius 3 is 2.55 bits per heavy atom. The maximum absolute atomic E-state index is 11.6. The largest absolute Gasteiger partial charge is 0.480 e. The molecule has 0 aliphatic rings. The van der Waals surface area contributed by atoms with Crippen LogP contribution in [-0.4, -0.2) is 46.2 Å². The summed E-state index contributed by atoms with van der Waals surface area (Å²) in [6.07, 6.45) is 3.83. The van der Waals surface area contributed by atoms with Gasteiger partial charge in [0.25, 0.3) is 0 Å². The average molecular weight is 282 g/mol. The lowest BCUT2D eigenvalue weighted by atomic mass is 10.1. The second-order valence-corrected chi connectivity index (χ2v) is 3.73. The SMILES string of the molecule is COC(=O)CC[C@H](NC(=O)Nc1cncnc1)C(=O)O. The van der Waals surface area contributed by atoms with E-state index in [4.69, 9.17) is 5.11 Å². The summed E-state index contributed by atoms with van der Waals surface area (Å²) in [7, 11) is 1.20. The quantitative estimate of drug-likeness (QED) is 0.626. The summed E-state index contributed by atoms with van der Waals surface area (Å²) in [6, 6.07) is -1.92. The molecule has 0 saturated heterocycles. The number of nitrogens with zero attached hydrogens (tertiary/aromatic N) is 2. The third-order valence-corrected chi connectivity index (χ3v) is 2.29. The number of carboxylic acids is 1. The van der Waals surface area contributed by atoms with E-state index in [-0.39, 0.29) is 12.8 Å². The number of aliphatic carboxylic acids is 1. The van der Waals surface area contributed by atoms with Crippen LogP contribution in [0.3, 0.4) is 0 Å². The molecule has 0 fully saturated rings. The normalized spacial score (nSPS) is 11.2. The van der Waals surface area contributed by atoms with Gasteiger partial charge in [0.15, 0.2) is 0 Å². The van der Waals surface area contributed by atoms with Crippen molar-refractivity contribution < 1.29 is 24.2 Å². The summed E-state index contributed by atoms with van der Waals surface area (Å²) in [6.45, 7) is 0. The number of methoxy groups -OCH3 is 1. The van der Waals surface area contributed by atoms with Crippen molar-refractivity contribution in [3.63, 3.8) is 0 Å². The Kier molecular flexibility index (Phi) is 5.88. The molecule has 1 aromatic heterocycles. The molecule has 1 aromatic rings. The zero-order chi connectivity index (χ0) is 15.0. The van der Waals surface area contributed by atoms with Crippen LogP contribution in [0, 0.1) is 0 Å². The van der Waals surface area contributed by atoms with Crippen molar-refractivity contribution in [3.8, 4) is 0 Å². The number of hydrogen-bond donors (Lipinski definition) is 3. The number of rotatable bonds is 6. The van der Waals surface area contributed by atoms with Crippen LogP contribution in [0.5, 0.6) is 0 Å². The number of carboxylic acid groups (broad SMARTS) is 1.